The minimum Gasteiger partial charge on any atom is -0.493 e. The molecule has 0 aromatic heterocycles. The number of rotatable bonds is 7. The molecule has 1 atom stereocenters. The van der Waals surface area contributed by atoms with Gasteiger partial charge in [-0.25, -0.2) is 4.79 Å². The largest absolute Gasteiger partial charge is 0.493 e. The molecule has 8 heteroatoms. The minimum atomic E-state index is -1.10. The number of hydrogen-bond donors (Lipinski definition) is 1. The summed E-state index contributed by atoms with van der Waals surface area (Å²) in [6.45, 7) is 0. The molecule has 6 nitrogen and oxygen atoms in total. The maximum atomic E-state index is 13.0. The topological polar surface area (TPSA) is 76.1 Å². The van der Waals surface area contributed by atoms with Gasteiger partial charge >= 0.3 is 5.97 Å². The zero-order chi connectivity index (χ0) is 21.0. The lowest BCUT2D eigenvalue weighted by molar-refractivity contribution is -0.145. The zero-order valence-corrected chi connectivity index (χ0v) is 17.5. The van der Waals surface area contributed by atoms with E-state index in [1.54, 1.807) is 31.4 Å². The molecular weight excluding hydrogens is 410 g/mol. The van der Waals surface area contributed by atoms with Crippen molar-refractivity contribution in [1.82, 2.24) is 4.90 Å². The number of aliphatic carboxylic acids is 1. The van der Waals surface area contributed by atoms with Gasteiger partial charge in [0.1, 0.15) is 10.4 Å². The van der Waals surface area contributed by atoms with Crippen molar-refractivity contribution in [3.8, 4) is 11.5 Å². The monoisotopic (exact) mass is 429 g/mol. The van der Waals surface area contributed by atoms with Gasteiger partial charge in [0.2, 0.25) is 0 Å². The molecule has 1 heterocycles. The first-order valence-corrected chi connectivity index (χ1v) is 9.93. The Morgan fingerprint density at radius 3 is 2.48 bits per heavy atom. The number of thioether (sulfide) groups is 1. The van der Waals surface area contributed by atoms with Gasteiger partial charge in [-0.15, -0.1) is 0 Å². The Morgan fingerprint density at radius 2 is 1.86 bits per heavy atom. The lowest BCUT2D eigenvalue weighted by Gasteiger charge is -2.23. The van der Waals surface area contributed by atoms with Gasteiger partial charge in [0.05, 0.1) is 19.1 Å². The van der Waals surface area contributed by atoms with Crippen LogP contribution in [-0.2, 0) is 16.0 Å². The standard InChI is InChI=1S/C21H19NO5S2/c1-26-16-9-8-14(11-17(16)27-2)12-18-19(23)22(21(28)29-18)15(20(24)25)10-13-6-4-3-5-7-13/h3-9,11-12,15H,10H2,1-2H3,(H,24,25). The number of benzene rings is 2. The van der Waals surface area contributed by atoms with Crippen molar-refractivity contribution in [2.45, 2.75) is 12.5 Å². The smallest absolute Gasteiger partial charge is 0.327 e. The molecule has 1 unspecified atom stereocenters. The maximum absolute atomic E-state index is 13.0. The highest BCUT2D eigenvalue weighted by molar-refractivity contribution is 8.26. The third-order valence-corrected chi connectivity index (χ3v) is 5.73. The number of nitrogens with zero attached hydrogens (tertiary/aromatic N) is 1. The number of thiocarbonyl (C=S) groups is 1. The normalized spacial score (nSPS) is 16.2. The van der Waals surface area contributed by atoms with Crippen molar-refractivity contribution in [1.29, 1.82) is 0 Å². The van der Waals surface area contributed by atoms with Crippen LogP contribution in [0.25, 0.3) is 6.08 Å². The van der Waals surface area contributed by atoms with Crippen LogP contribution in [-0.4, -0.2) is 46.5 Å². The van der Waals surface area contributed by atoms with E-state index in [1.807, 2.05) is 30.3 Å². The van der Waals surface area contributed by atoms with Crippen LogP contribution in [0, 0.1) is 0 Å². The Labute approximate surface area is 178 Å². The van der Waals surface area contributed by atoms with Crippen LogP contribution < -0.4 is 9.47 Å². The molecule has 1 amide bonds. The van der Waals surface area contributed by atoms with Gasteiger partial charge in [-0.2, -0.15) is 0 Å². The molecule has 0 radical (unpaired) electrons. The first kappa shape index (κ1) is 20.9. The van der Waals surface area contributed by atoms with Gasteiger partial charge in [0, 0.05) is 6.42 Å². The Morgan fingerprint density at radius 1 is 1.17 bits per heavy atom. The molecular formula is C21H19NO5S2. The molecule has 2 aromatic carbocycles. The highest BCUT2D eigenvalue weighted by Gasteiger charge is 2.40. The van der Waals surface area contributed by atoms with Crippen LogP contribution in [0.3, 0.4) is 0 Å². The SMILES string of the molecule is COc1ccc(C=C2SC(=S)N(C(Cc3ccccc3)C(=O)O)C2=O)cc1OC. The van der Waals surface area contributed by atoms with Gasteiger partial charge < -0.3 is 14.6 Å². The first-order valence-electron chi connectivity index (χ1n) is 8.70. The number of carboxylic acid groups (broad SMARTS) is 1. The molecule has 150 valence electrons. The van der Waals surface area contributed by atoms with Gasteiger partial charge in [-0.3, -0.25) is 9.69 Å². The van der Waals surface area contributed by atoms with E-state index >= 15 is 0 Å². The lowest BCUT2D eigenvalue weighted by atomic mass is 10.0. The minimum absolute atomic E-state index is 0.173. The van der Waals surface area contributed by atoms with Gasteiger partial charge in [0.15, 0.2) is 11.5 Å². The highest BCUT2D eigenvalue weighted by atomic mass is 32.2. The molecule has 1 aliphatic heterocycles. The fourth-order valence-electron chi connectivity index (χ4n) is 2.97. The number of amides is 1. The molecule has 1 N–H and O–H groups in total. The number of carbonyl (C=O) groups excluding carboxylic acids is 1. The summed E-state index contributed by atoms with van der Waals surface area (Å²) in [5, 5.41) is 9.72. The summed E-state index contributed by atoms with van der Waals surface area (Å²) in [7, 11) is 3.07. The molecule has 1 fully saturated rings. The van der Waals surface area contributed by atoms with E-state index in [0.717, 1.165) is 22.9 Å². The predicted octanol–water partition coefficient (Wildman–Crippen LogP) is 3.60. The fourth-order valence-corrected chi connectivity index (χ4v) is 4.33. The number of ether oxygens (including phenoxy) is 2. The van der Waals surface area contributed by atoms with Crippen LogP contribution in [0.15, 0.2) is 53.4 Å². The summed E-state index contributed by atoms with van der Waals surface area (Å²) in [6.07, 6.45) is 1.84. The maximum Gasteiger partial charge on any atom is 0.327 e. The molecule has 2 aromatic rings. The van der Waals surface area contributed by atoms with E-state index in [2.05, 4.69) is 0 Å². The summed E-state index contributed by atoms with van der Waals surface area (Å²) in [4.78, 5) is 26.4. The summed E-state index contributed by atoms with van der Waals surface area (Å²) in [5.41, 5.74) is 1.54. The average molecular weight is 430 g/mol. The number of hydrogen-bond acceptors (Lipinski definition) is 6. The summed E-state index contributed by atoms with van der Waals surface area (Å²) >= 11 is 6.42. The number of carbonyl (C=O) groups is 2. The van der Waals surface area contributed by atoms with Crippen LogP contribution in [0.1, 0.15) is 11.1 Å². The van der Waals surface area contributed by atoms with Crippen LogP contribution in [0.4, 0.5) is 0 Å². The lowest BCUT2D eigenvalue weighted by Crippen LogP contribution is -2.45. The van der Waals surface area contributed by atoms with Crippen molar-refractivity contribution in [2.24, 2.45) is 0 Å². The van der Waals surface area contributed by atoms with Gasteiger partial charge in [0.25, 0.3) is 5.91 Å². The van der Waals surface area contributed by atoms with Crippen molar-refractivity contribution in [2.75, 3.05) is 14.2 Å². The summed E-state index contributed by atoms with van der Waals surface area (Å²) in [5.74, 6) is -0.411. The van der Waals surface area contributed by atoms with E-state index in [1.165, 1.54) is 12.0 Å². The summed E-state index contributed by atoms with van der Waals surface area (Å²) < 4.78 is 10.7. The van der Waals surface area contributed by atoms with Gasteiger partial charge in [-0.05, 0) is 29.3 Å². The zero-order valence-electron chi connectivity index (χ0n) is 15.8. The average Bonchev–Trinajstić information content (AvgIpc) is 2.99. The molecule has 1 saturated heterocycles. The molecule has 0 saturated carbocycles. The van der Waals surface area contributed by atoms with Crippen molar-refractivity contribution < 1.29 is 24.2 Å². The van der Waals surface area contributed by atoms with Crippen LogP contribution in [0.2, 0.25) is 0 Å². The Balaban J connectivity index is 1.88. The predicted molar refractivity (Wildman–Crippen MR) is 116 cm³/mol. The van der Waals surface area contributed by atoms with Gasteiger partial charge in [-0.1, -0.05) is 60.4 Å². The van der Waals surface area contributed by atoms with Crippen LogP contribution >= 0.6 is 24.0 Å². The quantitative estimate of drug-likeness (QED) is 0.532. The summed E-state index contributed by atoms with van der Waals surface area (Å²) in [6, 6.07) is 13.4. The second kappa shape index (κ2) is 9.11. The second-order valence-electron chi connectivity index (χ2n) is 6.21. The number of carboxylic acids is 1. The van der Waals surface area contributed by atoms with Crippen molar-refractivity contribution >= 4 is 46.3 Å². The van der Waals surface area contributed by atoms with E-state index in [9.17, 15) is 14.7 Å². The van der Waals surface area contributed by atoms with Crippen LogP contribution in [0.5, 0.6) is 11.5 Å². The molecule has 0 spiro atoms. The molecule has 1 aliphatic rings. The third-order valence-electron chi connectivity index (χ3n) is 4.40. The van der Waals surface area contributed by atoms with Crippen molar-refractivity contribution in [3.63, 3.8) is 0 Å². The first-order chi connectivity index (χ1) is 13.9. The molecule has 0 aliphatic carbocycles. The molecule has 3 rings (SSSR count). The highest BCUT2D eigenvalue weighted by Crippen LogP contribution is 2.36. The Kier molecular flexibility index (Phi) is 6.56. The van der Waals surface area contributed by atoms with E-state index in [0.29, 0.717) is 16.4 Å². The Bertz CT molecular complexity index is 974. The second-order valence-corrected chi connectivity index (χ2v) is 7.89. The van der Waals surface area contributed by atoms with Crippen molar-refractivity contribution in [3.05, 3.63) is 64.6 Å². The fraction of sp³-hybridized carbons (Fsp3) is 0.190. The number of methoxy groups -OCH3 is 2. The molecule has 29 heavy (non-hydrogen) atoms. The van der Waals surface area contributed by atoms with E-state index in [4.69, 9.17) is 21.7 Å². The van der Waals surface area contributed by atoms with E-state index < -0.39 is 17.9 Å². The third kappa shape index (κ3) is 4.60. The Hall–Kier alpha value is -2.84. The van der Waals surface area contributed by atoms with E-state index in [-0.39, 0.29) is 10.7 Å². The molecule has 0 bridgehead atoms.